The number of nitrogens with one attached hydrogen (secondary N) is 2. The minimum atomic E-state index is -0.827. The predicted octanol–water partition coefficient (Wildman–Crippen LogP) is 2.18. The summed E-state index contributed by atoms with van der Waals surface area (Å²) in [5.41, 5.74) is 0.692. The molecule has 25 heavy (non-hydrogen) atoms. The molecule has 0 aliphatic carbocycles. The molecule has 138 valence electrons. The van der Waals surface area contributed by atoms with Gasteiger partial charge in [0.05, 0.1) is 0 Å². The van der Waals surface area contributed by atoms with E-state index in [0.717, 1.165) is 51.5 Å². The number of urea groups is 1. The molecule has 0 bridgehead atoms. The van der Waals surface area contributed by atoms with Gasteiger partial charge in [-0.15, -0.1) is 0 Å². The number of rotatable bonds is 4. The second-order valence-corrected chi connectivity index (χ2v) is 7.13. The van der Waals surface area contributed by atoms with Crippen molar-refractivity contribution < 1.29 is 13.6 Å². The van der Waals surface area contributed by atoms with E-state index in [1.807, 2.05) is 4.90 Å². The van der Waals surface area contributed by atoms with Crippen LogP contribution in [0.4, 0.5) is 19.3 Å². The molecule has 2 aliphatic rings. The Morgan fingerprint density at radius 3 is 2.64 bits per heavy atom. The summed E-state index contributed by atoms with van der Waals surface area (Å²) in [5, 5.41) is 5.99. The number of amides is 2. The quantitative estimate of drug-likeness (QED) is 0.873. The first-order valence-electron chi connectivity index (χ1n) is 8.94. The molecule has 0 saturated carbocycles. The van der Waals surface area contributed by atoms with E-state index in [1.54, 1.807) is 6.07 Å². The number of anilines is 1. The number of nitrogens with zero attached hydrogens (tertiary/aromatic N) is 2. The van der Waals surface area contributed by atoms with Crippen molar-refractivity contribution in [3.8, 4) is 0 Å². The average molecular weight is 352 g/mol. The van der Waals surface area contributed by atoms with Crippen LogP contribution in [-0.4, -0.2) is 56.7 Å². The molecule has 0 unspecified atom stereocenters. The molecule has 2 amide bonds. The molecule has 1 aromatic rings. The lowest BCUT2D eigenvalue weighted by Crippen LogP contribution is -2.48. The summed E-state index contributed by atoms with van der Waals surface area (Å²) < 4.78 is 26.4. The number of halogens is 2. The molecule has 0 aromatic heterocycles. The molecule has 7 heteroatoms. The molecule has 1 aromatic carbocycles. The molecule has 2 saturated heterocycles. The number of likely N-dealkylation sites (tertiary alicyclic amines) is 1. The van der Waals surface area contributed by atoms with Crippen molar-refractivity contribution in [3.05, 3.63) is 29.8 Å². The molecule has 5 nitrogen and oxygen atoms in total. The van der Waals surface area contributed by atoms with Crippen molar-refractivity contribution in [2.75, 3.05) is 44.7 Å². The van der Waals surface area contributed by atoms with Crippen molar-refractivity contribution in [2.45, 2.75) is 25.3 Å². The van der Waals surface area contributed by atoms with Crippen LogP contribution in [0.25, 0.3) is 0 Å². The highest BCUT2D eigenvalue weighted by atomic mass is 19.2. The lowest BCUT2D eigenvalue weighted by atomic mass is 10.1. The zero-order chi connectivity index (χ0) is 17.8. The number of piperidine rings is 1. The van der Waals surface area contributed by atoms with E-state index in [-0.39, 0.29) is 12.1 Å². The highest BCUT2D eigenvalue weighted by Crippen LogP contribution is 2.25. The number of carbonyl (C=O) groups excluding carboxylic acids is 1. The molecule has 3 rings (SSSR count). The highest BCUT2D eigenvalue weighted by Gasteiger charge is 2.24. The van der Waals surface area contributed by atoms with Gasteiger partial charge in [0, 0.05) is 37.4 Å². The van der Waals surface area contributed by atoms with Gasteiger partial charge in [-0.1, -0.05) is 0 Å². The van der Waals surface area contributed by atoms with Crippen LogP contribution < -0.4 is 15.5 Å². The number of benzene rings is 1. The lowest BCUT2D eigenvalue weighted by Gasteiger charge is -2.29. The largest absolute Gasteiger partial charge is 0.371 e. The molecule has 2 N–H and O–H groups in total. The van der Waals surface area contributed by atoms with E-state index in [2.05, 4.69) is 22.6 Å². The zero-order valence-electron chi connectivity index (χ0n) is 14.6. The standard InChI is InChI=1S/C18H26F2N4O/c1-23-7-5-14(6-8-23)22-18(25)21-11-13-4-9-24(12-13)15-2-3-16(19)17(20)10-15/h2-3,10,13-14H,4-9,11-12H2,1H3,(H2,21,22,25)/t13-/m1/s1. The minimum absolute atomic E-state index is 0.110. The van der Waals surface area contributed by atoms with Gasteiger partial charge in [0.25, 0.3) is 0 Å². The van der Waals surface area contributed by atoms with Crippen molar-refractivity contribution in [2.24, 2.45) is 5.92 Å². The Bertz CT molecular complexity index is 605. The number of hydrogen-bond acceptors (Lipinski definition) is 3. The predicted molar refractivity (Wildman–Crippen MR) is 93.7 cm³/mol. The van der Waals surface area contributed by atoms with Gasteiger partial charge in [0.15, 0.2) is 11.6 Å². The fraction of sp³-hybridized carbons (Fsp3) is 0.611. The van der Waals surface area contributed by atoms with Crippen molar-refractivity contribution in [1.82, 2.24) is 15.5 Å². The number of hydrogen-bond donors (Lipinski definition) is 2. The molecule has 1 atom stereocenters. The summed E-state index contributed by atoms with van der Waals surface area (Å²) in [4.78, 5) is 16.3. The van der Waals surface area contributed by atoms with Crippen LogP contribution in [0.5, 0.6) is 0 Å². The van der Waals surface area contributed by atoms with Gasteiger partial charge in [-0.3, -0.25) is 0 Å². The van der Waals surface area contributed by atoms with Gasteiger partial charge in [0.2, 0.25) is 0 Å². The van der Waals surface area contributed by atoms with Gasteiger partial charge in [-0.2, -0.15) is 0 Å². The summed E-state index contributed by atoms with van der Waals surface area (Å²) in [6, 6.07) is 4.13. The molecule has 0 radical (unpaired) electrons. The first kappa shape index (κ1) is 17.9. The third kappa shape index (κ3) is 4.81. The third-order valence-corrected chi connectivity index (χ3v) is 5.16. The average Bonchev–Trinajstić information content (AvgIpc) is 3.07. The van der Waals surface area contributed by atoms with Crippen LogP contribution in [0.2, 0.25) is 0 Å². The Morgan fingerprint density at radius 2 is 1.92 bits per heavy atom. The second kappa shape index (κ2) is 7.99. The van der Waals surface area contributed by atoms with Crippen LogP contribution in [0.1, 0.15) is 19.3 Å². The summed E-state index contributed by atoms with van der Waals surface area (Å²) in [6.07, 6.45) is 2.89. The number of carbonyl (C=O) groups is 1. The Kier molecular flexibility index (Phi) is 5.73. The van der Waals surface area contributed by atoms with Crippen molar-refractivity contribution in [1.29, 1.82) is 0 Å². The Labute approximate surface area is 147 Å². The maximum Gasteiger partial charge on any atom is 0.315 e. The van der Waals surface area contributed by atoms with Crippen LogP contribution in [0, 0.1) is 17.6 Å². The molecular formula is C18H26F2N4O. The first-order chi connectivity index (χ1) is 12.0. The molecule has 2 aliphatic heterocycles. The smallest absolute Gasteiger partial charge is 0.315 e. The Balaban J connectivity index is 1.41. The summed E-state index contributed by atoms with van der Waals surface area (Å²) in [5.74, 6) is -1.33. The highest BCUT2D eigenvalue weighted by molar-refractivity contribution is 5.74. The lowest BCUT2D eigenvalue weighted by molar-refractivity contribution is 0.213. The van der Waals surface area contributed by atoms with Gasteiger partial charge < -0.3 is 20.4 Å². The molecule has 0 spiro atoms. The molecular weight excluding hydrogens is 326 g/mol. The second-order valence-electron chi connectivity index (χ2n) is 7.13. The normalized spacial score (nSPS) is 22.2. The molecule has 2 heterocycles. The Morgan fingerprint density at radius 1 is 1.16 bits per heavy atom. The minimum Gasteiger partial charge on any atom is -0.371 e. The van der Waals surface area contributed by atoms with E-state index in [4.69, 9.17) is 0 Å². The third-order valence-electron chi connectivity index (χ3n) is 5.16. The van der Waals surface area contributed by atoms with Gasteiger partial charge in [-0.25, -0.2) is 13.6 Å². The van der Waals surface area contributed by atoms with Gasteiger partial charge in [-0.05, 0) is 57.5 Å². The van der Waals surface area contributed by atoms with Gasteiger partial charge >= 0.3 is 6.03 Å². The van der Waals surface area contributed by atoms with Crippen LogP contribution >= 0.6 is 0 Å². The van der Waals surface area contributed by atoms with E-state index >= 15 is 0 Å². The monoisotopic (exact) mass is 352 g/mol. The summed E-state index contributed by atoms with van der Waals surface area (Å²) >= 11 is 0. The zero-order valence-corrected chi connectivity index (χ0v) is 14.6. The Hall–Kier alpha value is -1.89. The van der Waals surface area contributed by atoms with Crippen LogP contribution in [0.3, 0.4) is 0 Å². The first-order valence-corrected chi connectivity index (χ1v) is 8.94. The SMILES string of the molecule is CN1CCC(NC(=O)NC[C@H]2CCN(c3ccc(F)c(F)c3)C2)CC1. The fourth-order valence-electron chi connectivity index (χ4n) is 3.54. The maximum atomic E-state index is 13.4. The summed E-state index contributed by atoms with van der Waals surface area (Å²) in [6.45, 7) is 4.14. The van der Waals surface area contributed by atoms with E-state index in [9.17, 15) is 13.6 Å². The fourth-order valence-corrected chi connectivity index (χ4v) is 3.54. The van der Waals surface area contributed by atoms with Crippen molar-refractivity contribution >= 4 is 11.7 Å². The van der Waals surface area contributed by atoms with Crippen molar-refractivity contribution in [3.63, 3.8) is 0 Å². The maximum absolute atomic E-state index is 13.4. The van der Waals surface area contributed by atoms with Gasteiger partial charge in [0.1, 0.15) is 0 Å². The van der Waals surface area contributed by atoms with E-state index < -0.39 is 11.6 Å². The topological polar surface area (TPSA) is 47.6 Å². The van der Waals surface area contributed by atoms with E-state index in [0.29, 0.717) is 18.2 Å². The van der Waals surface area contributed by atoms with Crippen LogP contribution in [-0.2, 0) is 0 Å². The molecule has 2 fully saturated rings. The summed E-state index contributed by atoms with van der Waals surface area (Å²) in [7, 11) is 2.09. The van der Waals surface area contributed by atoms with E-state index in [1.165, 1.54) is 6.07 Å². The van der Waals surface area contributed by atoms with Crippen LogP contribution in [0.15, 0.2) is 18.2 Å².